The lowest BCUT2D eigenvalue weighted by atomic mass is 9.97. The van der Waals surface area contributed by atoms with Gasteiger partial charge in [-0.15, -0.1) is 0 Å². The molecule has 156 valence electrons. The summed E-state index contributed by atoms with van der Waals surface area (Å²) >= 11 is 0. The van der Waals surface area contributed by atoms with Gasteiger partial charge in [-0.05, 0) is 50.8 Å². The first-order valence-corrected chi connectivity index (χ1v) is 10.6. The van der Waals surface area contributed by atoms with Gasteiger partial charge in [0.05, 0.1) is 18.2 Å². The number of benzene rings is 1. The third-order valence-electron chi connectivity index (χ3n) is 6.42. The molecule has 0 saturated carbocycles. The van der Waals surface area contributed by atoms with Crippen LogP contribution in [0.3, 0.4) is 0 Å². The molecule has 1 aromatic carbocycles. The summed E-state index contributed by atoms with van der Waals surface area (Å²) in [7, 11) is 0. The van der Waals surface area contributed by atoms with Crippen LogP contribution in [0, 0.1) is 0 Å². The lowest BCUT2D eigenvalue weighted by Gasteiger charge is -2.27. The van der Waals surface area contributed by atoms with Gasteiger partial charge in [-0.2, -0.15) is 4.98 Å². The Morgan fingerprint density at radius 1 is 1.00 bits per heavy atom. The van der Waals surface area contributed by atoms with Crippen LogP contribution in [0.25, 0.3) is 0 Å². The molecule has 1 aromatic heterocycles. The van der Waals surface area contributed by atoms with Crippen molar-refractivity contribution in [2.75, 3.05) is 16.8 Å². The lowest BCUT2D eigenvalue weighted by molar-refractivity contribution is -0.120. The Labute approximate surface area is 175 Å². The van der Waals surface area contributed by atoms with Crippen molar-refractivity contribution in [3.8, 4) is 0 Å². The van der Waals surface area contributed by atoms with Gasteiger partial charge in [-0.25, -0.2) is 4.98 Å². The van der Waals surface area contributed by atoms with Crippen LogP contribution in [0.2, 0.25) is 0 Å². The largest absolute Gasteiger partial charge is 0.356 e. The third-order valence-corrected chi connectivity index (χ3v) is 6.42. The third kappa shape index (κ3) is 3.16. The fraction of sp³-hybridized carbons (Fsp3) is 0.455. The second-order valence-corrected chi connectivity index (χ2v) is 8.44. The Hall–Kier alpha value is -3.16. The quantitative estimate of drug-likeness (QED) is 0.721. The number of aromatic nitrogens is 2. The number of rotatable bonds is 4. The monoisotopic (exact) mass is 406 g/mol. The maximum Gasteiger partial charge on any atom is 0.257 e. The Bertz CT molecular complexity index is 995. The van der Waals surface area contributed by atoms with Crippen LogP contribution in [-0.2, 0) is 11.3 Å². The summed E-state index contributed by atoms with van der Waals surface area (Å²) in [6.07, 6.45) is 3.04. The van der Waals surface area contributed by atoms with Gasteiger partial charge in [0.2, 0.25) is 11.9 Å². The van der Waals surface area contributed by atoms with Gasteiger partial charge in [-0.1, -0.05) is 12.1 Å². The summed E-state index contributed by atoms with van der Waals surface area (Å²) in [5, 5.41) is 9.05. The van der Waals surface area contributed by atoms with Crippen LogP contribution < -0.4 is 20.9 Å². The standard InChI is InChI=1S/C22H26N6O2/c1-12-3-4-13(2)28(12)22-26-17-11-24-21(30)18(17)19(27-22)25-15-7-5-14(6-8-15)16-9-10-23-20(16)29/h5-8,12-13,16H,3-4,9-11H2,1-2H3,(H,23,29)(H,24,30)(H,25,26,27)/t12-,13-,16-/m1/s1. The Kier molecular flexibility index (Phi) is 4.56. The molecule has 0 aliphatic carbocycles. The summed E-state index contributed by atoms with van der Waals surface area (Å²) in [6.45, 7) is 5.52. The minimum atomic E-state index is -0.152. The number of nitrogens with zero attached hydrogens (tertiary/aromatic N) is 3. The van der Waals surface area contributed by atoms with Gasteiger partial charge in [0.1, 0.15) is 11.4 Å². The van der Waals surface area contributed by atoms with Gasteiger partial charge < -0.3 is 20.9 Å². The molecule has 0 radical (unpaired) electrons. The maximum absolute atomic E-state index is 12.4. The fourth-order valence-corrected chi connectivity index (χ4v) is 4.76. The highest BCUT2D eigenvalue weighted by atomic mass is 16.2. The predicted octanol–water partition coefficient (Wildman–Crippen LogP) is 2.44. The van der Waals surface area contributed by atoms with Gasteiger partial charge in [0.15, 0.2) is 0 Å². The second-order valence-electron chi connectivity index (χ2n) is 8.44. The van der Waals surface area contributed by atoms with Crippen LogP contribution >= 0.6 is 0 Å². The Morgan fingerprint density at radius 3 is 2.40 bits per heavy atom. The minimum absolute atomic E-state index is 0.0829. The van der Waals surface area contributed by atoms with E-state index in [0.29, 0.717) is 36.0 Å². The summed E-state index contributed by atoms with van der Waals surface area (Å²) in [6, 6.07) is 8.53. The molecule has 0 bridgehead atoms. The average molecular weight is 406 g/mol. The van der Waals surface area contributed by atoms with Crippen molar-refractivity contribution in [3.05, 3.63) is 41.1 Å². The Balaban J connectivity index is 1.46. The molecule has 5 rings (SSSR count). The van der Waals surface area contributed by atoms with Crippen molar-refractivity contribution < 1.29 is 9.59 Å². The summed E-state index contributed by atoms with van der Waals surface area (Å²) < 4.78 is 0. The van der Waals surface area contributed by atoms with E-state index < -0.39 is 0 Å². The number of carbonyl (C=O) groups is 2. The van der Waals surface area contributed by atoms with Crippen LogP contribution in [0.5, 0.6) is 0 Å². The molecule has 2 amide bonds. The van der Waals surface area contributed by atoms with E-state index in [1.165, 1.54) is 0 Å². The van der Waals surface area contributed by atoms with Gasteiger partial charge in [-0.3, -0.25) is 9.59 Å². The van der Waals surface area contributed by atoms with Crippen molar-refractivity contribution in [2.45, 2.75) is 57.7 Å². The number of hydrogen-bond donors (Lipinski definition) is 3. The highest BCUT2D eigenvalue weighted by molar-refractivity contribution is 6.03. The van der Waals surface area contributed by atoms with E-state index in [9.17, 15) is 9.59 Å². The number of hydrogen-bond acceptors (Lipinski definition) is 6. The highest BCUT2D eigenvalue weighted by Gasteiger charge is 2.33. The maximum atomic E-state index is 12.4. The second kappa shape index (κ2) is 7.27. The Morgan fingerprint density at radius 2 is 1.73 bits per heavy atom. The van der Waals surface area contributed by atoms with Gasteiger partial charge in [0, 0.05) is 24.3 Å². The molecule has 3 aliphatic rings. The first-order chi connectivity index (χ1) is 14.5. The summed E-state index contributed by atoms with van der Waals surface area (Å²) in [4.78, 5) is 36.1. The fourth-order valence-electron chi connectivity index (χ4n) is 4.76. The zero-order chi connectivity index (χ0) is 20.8. The van der Waals surface area contributed by atoms with Crippen LogP contribution in [0.1, 0.15) is 60.6 Å². The smallest absolute Gasteiger partial charge is 0.257 e. The first-order valence-electron chi connectivity index (χ1n) is 10.6. The van der Waals surface area contributed by atoms with Crippen LogP contribution in [0.15, 0.2) is 24.3 Å². The predicted molar refractivity (Wildman–Crippen MR) is 114 cm³/mol. The van der Waals surface area contributed by atoms with E-state index >= 15 is 0 Å². The normalized spacial score (nSPS) is 25.3. The number of fused-ring (bicyclic) bond motifs is 1. The van der Waals surface area contributed by atoms with E-state index in [1.54, 1.807) is 0 Å². The molecule has 30 heavy (non-hydrogen) atoms. The molecule has 2 saturated heterocycles. The molecule has 4 heterocycles. The molecule has 0 spiro atoms. The highest BCUT2D eigenvalue weighted by Crippen LogP contribution is 2.33. The SMILES string of the molecule is C[C@@H]1CC[C@@H](C)N1c1nc2c(c(Nc3ccc([C@H]4CCNC4=O)cc3)n1)C(=O)NC2. The number of carbonyl (C=O) groups excluding carboxylic acids is 2. The molecular formula is C22H26N6O2. The van der Waals surface area contributed by atoms with E-state index in [0.717, 1.165) is 42.8 Å². The van der Waals surface area contributed by atoms with E-state index in [2.05, 4.69) is 34.7 Å². The van der Waals surface area contributed by atoms with Gasteiger partial charge in [0.25, 0.3) is 5.91 Å². The van der Waals surface area contributed by atoms with Crippen LogP contribution in [-0.4, -0.2) is 40.4 Å². The topological polar surface area (TPSA) is 99.2 Å². The van der Waals surface area contributed by atoms with Gasteiger partial charge >= 0.3 is 0 Å². The zero-order valence-electron chi connectivity index (χ0n) is 17.2. The zero-order valence-corrected chi connectivity index (χ0v) is 17.2. The summed E-state index contributed by atoms with van der Waals surface area (Å²) in [5.41, 5.74) is 3.07. The first kappa shape index (κ1) is 18.8. The molecule has 3 atom stereocenters. The van der Waals surface area contributed by atoms with E-state index in [-0.39, 0.29) is 17.7 Å². The molecule has 2 aromatic rings. The minimum Gasteiger partial charge on any atom is -0.356 e. The summed E-state index contributed by atoms with van der Waals surface area (Å²) in [5.74, 6) is 1.05. The average Bonchev–Trinajstić information content (AvgIpc) is 3.42. The van der Waals surface area contributed by atoms with Crippen molar-refractivity contribution in [2.24, 2.45) is 0 Å². The van der Waals surface area contributed by atoms with Crippen LogP contribution in [0.4, 0.5) is 17.5 Å². The van der Waals surface area contributed by atoms with Crippen molar-refractivity contribution >= 4 is 29.3 Å². The van der Waals surface area contributed by atoms with E-state index in [4.69, 9.17) is 9.97 Å². The van der Waals surface area contributed by atoms with Crippen molar-refractivity contribution in [1.82, 2.24) is 20.6 Å². The molecule has 3 aliphatic heterocycles. The molecule has 2 fully saturated rings. The van der Waals surface area contributed by atoms with Crippen molar-refractivity contribution in [3.63, 3.8) is 0 Å². The number of nitrogens with one attached hydrogen (secondary N) is 3. The number of anilines is 3. The van der Waals surface area contributed by atoms with Crippen molar-refractivity contribution in [1.29, 1.82) is 0 Å². The van der Waals surface area contributed by atoms with E-state index in [1.807, 2.05) is 24.3 Å². The molecular weight excluding hydrogens is 380 g/mol. The molecule has 8 heteroatoms. The number of amides is 2. The molecule has 0 unspecified atom stereocenters. The lowest BCUT2D eigenvalue weighted by Crippen LogP contribution is -2.34. The molecule has 3 N–H and O–H groups in total. The molecule has 8 nitrogen and oxygen atoms in total.